The van der Waals surface area contributed by atoms with Gasteiger partial charge in [-0.05, 0) is 27.7 Å². The van der Waals surface area contributed by atoms with Crippen LogP contribution in [-0.4, -0.2) is 33.8 Å². The van der Waals surface area contributed by atoms with E-state index in [0.29, 0.717) is 5.46 Å². The molecule has 1 aromatic heterocycles. The first-order valence-corrected chi connectivity index (χ1v) is 7.54. The van der Waals surface area contributed by atoms with Crippen LogP contribution in [0.2, 0.25) is 0 Å². The standard InChI is InChI=1S/C12H17BFNO3S/c1-11(2)12(3,4)18-13(17-11)8-6-15-7-9(14)10(8)19(5)16/h6-7H,1-5H3. The Balaban J connectivity index is 2.46. The highest BCUT2D eigenvalue weighted by atomic mass is 32.2. The number of rotatable bonds is 2. The maximum absolute atomic E-state index is 13.8. The maximum Gasteiger partial charge on any atom is 0.497 e. The van der Waals surface area contributed by atoms with E-state index in [4.69, 9.17) is 9.31 Å². The third-order valence-electron chi connectivity index (χ3n) is 3.68. The second-order valence-electron chi connectivity index (χ2n) is 5.58. The second-order valence-corrected chi connectivity index (χ2v) is 6.90. The molecule has 0 spiro atoms. The fraction of sp³-hybridized carbons (Fsp3) is 0.583. The summed E-state index contributed by atoms with van der Waals surface area (Å²) in [6, 6.07) is 0. The summed E-state index contributed by atoms with van der Waals surface area (Å²) in [6.07, 6.45) is 3.92. The predicted molar refractivity (Wildman–Crippen MR) is 72.2 cm³/mol. The van der Waals surface area contributed by atoms with Crippen LogP contribution in [0.25, 0.3) is 0 Å². The van der Waals surface area contributed by atoms with Crippen LogP contribution >= 0.6 is 0 Å². The highest BCUT2D eigenvalue weighted by Crippen LogP contribution is 2.36. The van der Waals surface area contributed by atoms with Crippen LogP contribution in [0, 0.1) is 5.82 Å². The van der Waals surface area contributed by atoms with E-state index in [1.807, 2.05) is 27.7 Å². The smallest absolute Gasteiger partial charge is 0.399 e. The zero-order valence-corrected chi connectivity index (χ0v) is 12.5. The highest BCUT2D eigenvalue weighted by Gasteiger charge is 2.52. The Morgan fingerprint density at radius 1 is 1.21 bits per heavy atom. The number of hydrogen-bond acceptors (Lipinski definition) is 4. The Morgan fingerprint density at radius 2 is 1.74 bits per heavy atom. The summed E-state index contributed by atoms with van der Waals surface area (Å²) in [5.74, 6) is -0.604. The van der Waals surface area contributed by atoms with E-state index in [9.17, 15) is 8.60 Å². The minimum atomic E-state index is -1.47. The first kappa shape index (κ1) is 14.6. The van der Waals surface area contributed by atoms with Crippen LogP contribution in [-0.2, 0) is 20.1 Å². The second kappa shape index (κ2) is 4.65. The van der Waals surface area contributed by atoms with Gasteiger partial charge in [0.1, 0.15) is 0 Å². The van der Waals surface area contributed by atoms with E-state index >= 15 is 0 Å². The van der Waals surface area contributed by atoms with Gasteiger partial charge in [-0.1, -0.05) is 0 Å². The molecule has 1 atom stereocenters. The number of halogens is 1. The zero-order valence-electron chi connectivity index (χ0n) is 11.7. The van der Waals surface area contributed by atoms with Crippen molar-refractivity contribution in [2.75, 3.05) is 6.26 Å². The normalized spacial score (nSPS) is 22.5. The fourth-order valence-electron chi connectivity index (χ4n) is 1.88. The summed E-state index contributed by atoms with van der Waals surface area (Å²) < 4.78 is 37.1. The molecule has 4 nitrogen and oxygen atoms in total. The molecular formula is C12H17BFNO3S. The van der Waals surface area contributed by atoms with Gasteiger partial charge in [0.05, 0.1) is 33.1 Å². The van der Waals surface area contributed by atoms with Gasteiger partial charge in [0, 0.05) is 17.9 Å². The van der Waals surface area contributed by atoms with E-state index in [-0.39, 0.29) is 4.90 Å². The molecule has 0 amide bonds. The molecule has 0 aliphatic carbocycles. The molecule has 1 aliphatic rings. The third kappa shape index (κ3) is 2.46. The summed E-state index contributed by atoms with van der Waals surface area (Å²) in [5, 5.41) is 0. The summed E-state index contributed by atoms with van der Waals surface area (Å²) in [7, 11) is -2.23. The van der Waals surface area contributed by atoms with Gasteiger partial charge in [0.2, 0.25) is 0 Å². The summed E-state index contributed by atoms with van der Waals surface area (Å²) in [5.41, 5.74) is -0.674. The summed E-state index contributed by atoms with van der Waals surface area (Å²) >= 11 is 0. The topological polar surface area (TPSA) is 48.4 Å². The molecule has 2 heterocycles. The molecule has 1 fully saturated rings. The Labute approximate surface area is 115 Å². The number of aromatic nitrogens is 1. The van der Waals surface area contributed by atoms with Crippen molar-refractivity contribution in [3.63, 3.8) is 0 Å². The van der Waals surface area contributed by atoms with Crippen molar-refractivity contribution in [3.05, 3.63) is 18.2 Å². The Hall–Kier alpha value is -0.785. The van der Waals surface area contributed by atoms with Crippen LogP contribution in [0.15, 0.2) is 17.3 Å². The van der Waals surface area contributed by atoms with Crippen molar-refractivity contribution in [3.8, 4) is 0 Å². The van der Waals surface area contributed by atoms with Gasteiger partial charge >= 0.3 is 7.12 Å². The lowest BCUT2D eigenvalue weighted by atomic mass is 9.80. The van der Waals surface area contributed by atoms with E-state index in [2.05, 4.69) is 4.98 Å². The highest BCUT2D eigenvalue weighted by molar-refractivity contribution is 7.84. The molecular weight excluding hydrogens is 268 g/mol. The van der Waals surface area contributed by atoms with E-state index in [0.717, 1.165) is 6.20 Å². The Kier molecular flexibility index (Phi) is 3.57. The monoisotopic (exact) mass is 285 g/mol. The Bertz CT molecular complexity index is 520. The first-order valence-electron chi connectivity index (χ1n) is 5.98. The van der Waals surface area contributed by atoms with Gasteiger partial charge in [0.15, 0.2) is 5.82 Å². The van der Waals surface area contributed by atoms with E-state index in [1.165, 1.54) is 12.5 Å². The molecule has 0 N–H and O–H groups in total. The quantitative estimate of drug-likeness (QED) is 0.767. The van der Waals surface area contributed by atoms with E-state index < -0.39 is 34.9 Å². The first-order chi connectivity index (χ1) is 8.66. The van der Waals surface area contributed by atoms with Gasteiger partial charge in [-0.15, -0.1) is 0 Å². The van der Waals surface area contributed by atoms with Gasteiger partial charge in [-0.3, -0.25) is 9.19 Å². The maximum atomic E-state index is 13.8. The van der Waals surface area contributed by atoms with Gasteiger partial charge in [-0.2, -0.15) is 0 Å². The molecule has 1 aromatic rings. The van der Waals surface area contributed by atoms with Gasteiger partial charge in [0.25, 0.3) is 0 Å². The molecule has 104 valence electrons. The van der Waals surface area contributed by atoms with E-state index in [1.54, 1.807) is 0 Å². The van der Waals surface area contributed by atoms with Crippen molar-refractivity contribution >= 4 is 23.4 Å². The lowest BCUT2D eigenvalue weighted by molar-refractivity contribution is 0.00578. The fourth-order valence-corrected chi connectivity index (χ4v) is 2.69. The molecule has 0 bridgehead atoms. The zero-order chi connectivity index (χ0) is 14.4. The number of nitrogens with zero attached hydrogens (tertiary/aromatic N) is 1. The van der Waals surface area contributed by atoms with Gasteiger partial charge < -0.3 is 9.31 Å². The average Bonchev–Trinajstić information content (AvgIpc) is 2.47. The van der Waals surface area contributed by atoms with Crippen molar-refractivity contribution in [1.82, 2.24) is 4.98 Å². The lowest BCUT2D eigenvalue weighted by Gasteiger charge is -2.32. The third-order valence-corrected chi connectivity index (χ3v) is 4.68. The minimum Gasteiger partial charge on any atom is -0.399 e. The molecule has 2 rings (SSSR count). The molecule has 0 saturated carbocycles. The predicted octanol–water partition coefficient (Wildman–Crippen LogP) is 1.26. The molecule has 19 heavy (non-hydrogen) atoms. The Morgan fingerprint density at radius 3 is 2.21 bits per heavy atom. The lowest BCUT2D eigenvalue weighted by Crippen LogP contribution is -2.41. The van der Waals surface area contributed by atoms with Crippen molar-refractivity contribution in [2.24, 2.45) is 0 Å². The molecule has 0 aromatic carbocycles. The van der Waals surface area contributed by atoms with Crippen LogP contribution in [0.5, 0.6) is 0 Å². The molecule has 7 heteroatoms. The molecule has 1 aliphatic heterocycles. The molecule has 0 radical (unpaired) electrons. The SMILES string of the molecule is CS(=O)c1c(F)cncc1B1OC(C)(C)C(C)(C)O1. The van der Waals surface area contributed by atoms with Gasteiger partial charge in [-0.25, -0.2) is 4.39 Å². The van der Waals surface area contributed by atoms with Crippen molar-refractivity contribution in [1.29, 1.82) is 0 Å². The summed E-state index contributed by atoms with van der Waals surface area (Å²) in [6.45, 7) is 7.62. The average molecular weight is 285 g/mol. The molecule has 1 unspecified atom stereocenters. The minimum absolute atomic E-state index is 0.0912. The van der Waals surface area contributed by atoms with Crippen molar-refractivity contribution in [2.45, 2.75) is 43.8 Å². The van der Waals surface area contributed by atoms with Crippen LogP contribution in [0.3, 0.4) is 0 Å². The largest absolute Gasteiger partial charge is 0.497 e. The molecule has 1 saturated heterocycles. The van der Waals surface area contributed by atoms with Crippen LogP contribution < -0.4 is 5.46 Å². The number of pyridine rings is 1. The van der Waals surface area contributed by atoms with Crippen molar-refractivity contribution < 1.29 is 17.9 Å². The van der Waals surface area contributed by atoms with Crippen LogP contribution in [0.1, 0.15) is 27.7 Å². The number of hydrogen-bond donors (Lipinski definition) is 0. The van der Waals surface area contributed by atoms with Crippen LogP contribution in [0.4, 0.5) is 4.39 Å². The summed E-state index contributed by atoms with van der Waals surface area (Å²) in [4.78, 5) is 3.89.